The Bertz CT molecular complexity index is 1260. The lowest BCUT2D eigenvalue weighted by Gasteiger charge is -2.47. The van der Waals surface area contributed by atoms with E-state index in [0.29, 0.717) is 5.56 Å². The van der Waals surface area contributed by atoms with Crippen LogP contribution in [-0.4, -0.2) is 58.5 Å². The third kappa shape index (κ3) is 5.99. The summed E-state index contributed by atoms with van der Waals surface area (Å²) in [6.07, 6.45) is -2.72. The molecule has 0 aromatic heterocycles. The lowest BCUT2D eigenvalue weighted by atomic mass is 9.93. The number of nitrogens with zero attached hydrogens (tertiary/aromatic N) is 3. The fourth-order valence-corrected chi connectivity index (χ4v) is 10.2. The van der Waals surface area contributed by atoms with Gasteiger partial charge >= 0.3 is 5.97 Å². The Morgan fingerprint density at radius 1 is 0.925 bits per heavy atom. The average molecular weight is 560 g/mol. The summed E-state index contributed by atoms with van der Waals surface area (Å²) in [4.78, 5) is 16.1. The topological polar surface area (TPSA) is 103 Å². The lowest BCUT2D eigenvalue weighted by molar-refractivity contribution is -0.192. The molecule has 0 amide bonds. The summed E-state index contributed by atoms with van der Waals surface area (Å²) in [6.45, 7) is 8.63. The van der Waals surface area contributed by atoms with Crippen molar-refractivity contribution in [3.63, 3.8) is 0 Å². The van der Waals surface area contributed by atoms with Crippen molar-refractivity contribution in [1.82, 2.24) is 0 Å². The van der Waals surface area contributed by atoms with Crippen molar-refractivity contribution in [2.75, 3.05) is 13.7 Å². The monoisotopic (exact) mass is 559 g/mol. The molecule has 1 aliphatic heterocycles. The maximum Gasteiger partial charge on any atom is 0.338 e. The van der Waals surface area contributed by atoms with Gasteiger partial charge in [-0.25, -0.2) is 4.79 Å². The van der Waals surface area contributed by atoms with Crippen LogP contribution in [0.2, 0.25) is 5.04 Å². The van der Waals surface area contributed by atoms with Crippen LogP contribution in [0.3, 0.4) is 0 Å². The van der Waals surface area contributed by atoms with E-state index in [1.54, 1.807) is 24.3 Å². The van der Waals surface area contributed by atoms with Crippen LogP contribution >= 0.6 is 0 Å². The molecular weight excluding hydrogens is 522 g/mol. The minimum Gasteiger partial charge on any atom is -0.455 e. The fraction of sp³-hybridized carbons (Fsp3) is 0.387. The van der Waals surface area contributed by atoms with E-state index < -0.39 is 44.7 Å². The van der Waals surface area contributed by atoms with Crippen molar-refractivity contribution in [3.05, 3.63) is 107 Å². The summed E-state index contributed by atoms with van der Waals surface area (Å²) in [7, 11) is -1.32. The molecule has 9 heteroatoms. The van der Waals surface area contributed by atoms with Gasteiger partial charge in [-0.1, -0.05) is 105 Å². The van der Waals surface area contributed by atoms with Gasteiger partial charge in [-0.15, -0.1) is 0 Å². The molecule has 0 aliphatic carbocycles. The highest BCUT2D eigenvalue weighted by Gasteiger charge is 2.52. The number of benzene rings is 3. The standard InChI is InChI=1S/C31H37N3O5Si/c1-22-27(33-34-32)29(39-30(35)23-15-9-6-10-16-23)28(36-5)26(38-22)21-37-40(31(2,3)4,24-17-11-7-12-18-24)25-19-13-8-14-20-25/h6-20,22,26-29H,21H2,1-5H3/t22?,26?,27?,28-,29+/m0/s1. The van der Waals surface area contributed by atoms with Crippen molar-refractivity contribution >= 4 is 24.7 Å². The van der Waals surface area contributed by atoms with Gasteiger partial charge in [-0.05, 0) is 40.0 Å². The Kier molecular flexibility index (Phi) is 9.45. The Morgan fingerprint density at radius 2 is 1.45 bits per heavy atom. The largest absolute Gasteiger partial charge is 0.455 e. The van der Waals surface area contributed by atoms with Gasteiger partial charge < -0.3 is 18.6 Å². The number of esters is 1. The van der Waals surface area contributed by atoms with Crippen molar-refractivity contribution in [2.45, 2.75) is 63.2 Å². The Balaban J connectivity index is 1.70. The van der Waals surface area contributed by atoms with E-state index in [-0.39, 0.29) is 11.6 Å². The second-order valence-electron chi connectivity index (χ2n) is 11.0. The molecule has 0 bridgehead atoms. The molecule has 8 nitrogen and oxygen atoms in total. The van der Waals surface area contributed by atoms with E-state index in [4.69, 9.17) is 18.6 Å². The Hall–Kier alpha value is -3.46. The van der Waals surface area contributed by atoms with E-state index in [1.807, 2.05) is 49.4 Å². The van der Waals surface area contributed by atoms with Crippen LogP contribution < -0.4 is 10.4 Å². The highest BCUT2D eigenvalue weighted by atomic mass is 28.4. The molecule has 4 rings (SSSR count). The van der Waals surface area contributed by atoms with Crippen LogP contribution in [0.1, 0.15) is 38.1 Å². The predicted octanol–water partition coefficient (Wildman–Crippen LogP) is 5.27. The number of azide groups is 1. The molecule has 1 saturated heterocycles. The summed E-state index contributed by atoms with van der Waals surface area (Å²) >= 11 is 0. The first-order chi connectivity index (χ1) is 19.2. The summed E-state index contributed by atoms with van der Waals surface area (Å²) < 4.78 is 25.3. The first-order valence-electron chi connectivity index (χ1n) is 13.5. The van der Waals surface area contributed by atoms with Gasteiger partial charge in [-0.3, -0.25) is 0 Å². The smallest absolute Gasteiger partial charge is 0.338 e. The molecule has 0 spiro atoms. The zero-order valence-electron chi connectivity index (χ0n) is 23.6. The molecular formula is C31H37N3O5Si. The van der Waals surface area contributed by atoms with Crippen LogP contribution in [-0.2, 0) is 18.6 Å². The number of carbonyl (C=O) groups is 1. The van der Waals surface area contributed by atoms with Gasteiger partial charge in [0.15, 0.2) is 0 Å². The van der Waals surface area contributed by atoms with Crippen molar-refractivity contribution in [1.29, 1.82) is 0 Å². The number of hydrogen-bond donors (Lipinski definition) is 0. The zero-order chi connectivity index (χ0) is 28.8. The number of ether oxygens (including phenoxy) is 3. The summed E-state index contributed by atoms with van der Waals surface area (Å²) in [5.41, 5.74) is 9.68. The van der Waals surface area contributed by atoms with Crippen molar-refractivity contribution < 1.29 is 23.4 Å². The minimum atomic E-state index is -2.86. The third-order valence-corrected chi connectivity index (χ3v) is 12.5. The molecule has 0 N–H and O–H groups in total. The number of methoxy groups -OCH3 is 1. The summed E-state index contributed by atoms with van der Waals surface area (Å²) in [5.74, 6) is -0.522. The zero-order valence-corrected chi connectivity index (χ0v) is 24.6. The van der Waals surface area contributed by atoms with Gasteiger partial charge in [0.05, 0.1) is 18.3 Å². The maximum atomic E-state index is 13.1. The number of rotatable bonds is 9. The van der Waals surface area contributed by atoms with Crippen molar-refractivity contribution in [3.8, 4) is 0 Å². The highest BCUT2D eigenvalue weighted by Crippen LogP contribution is 2.38. The first kappa shape index (κ1) is 29.5. The third-order valence-electron chi connectivity index (χ3n) is 7.49. The molecule has 1 fully saturated rings. The van der Waals surface area contributed by atoms with Gasteiger partial charge in [0, 0.05) is 12.0 Å². The number of hydrogen-bond acceptors (Lipinski definition) is 6. The fourth-order valence-electron chi connectivity index (χ4n) is 5.62. The van der Waals surface area contributed by atoms with Gasteiger partial charge in [0.1, 0.15) is 24.4 Å². The Labute approximate surface area is 237 Å². The van der Waals surface area contributed by atoms with Gasteiger partial charge in [0.2, 0.25) is 0 Å². The molecule has 3 aromatic carbocycles. The van der Waals surface area contributed by atoms with E-state index in [2.05, 4.69) is 55.1 Å². The minimum absolute atomic E-state index is 0.193. The molecule has 1 aliphatic rings. The van der Waals surface area contributed by atoms with Crippen LogP contribution in [0, 0.1) is 0 Å². The first-order valence-corrected chi connectivity index (χ1v) is 15.4. The Morgan fingerprint density at radius 3 is 1.93 bits per heavy atom. The quantitative estimate of drug-likeness (QED) is 0.117. The lowest BCUT2D eigenvalue weighted by Crippen LogP contribution is -2.68. The van der Waals surface area contributed by atoms with Gasteiger partial charge in [-0.2, -0.15) is 0 Å². The maximum absolute atomic E-state index is 13.1. The predicted molar refractivity (Wildman–Crippen MR) is 157 cm³/mol. The normalized spacial score (nSPS) is 23.2. The SMILES string of the molecule is CO[C@H]1C(CO[Si](c2ccccc2)(c2ccccc2)C(C)(C)C)OC(C)C(N=[N+]=[N-])[C@H]1OC(=O)c1ccccc1. The summed E-state index contributed by atoms with van der Waals surface area (Å²) in [5, 5.41) is 5.99. The van der Waals surface area contributed by atoms with E-state index in [0.717, 1.165) is 10.4 Å². The average Bonchev–Trinajstić information content (AvgIpc) is 2.96. The highest BCUT2D eigenvalue weighted by molar-refractivity contribution is 6.99. The second-order valence-corrected chi connectivity index (χ2v) is 15.3. The van der Waals surface area contributed by atoms with Crippen LogP contribution in [0.4, 0.5) is 0 Å². The van der Waals surface area contributed by atoms with E-state index >= 15 is 0 Å². The summed E-state index contributed by atoms with van der Waals surface area (Å²) in [6, 6.07) is 28.6. The van der Waals surface area contributed by atoms with Crippen LogP contribution in [0.25, 0.3) is 10.4 Å². The molecule has 0 saturated carbocycles. The molecule has 40 heavy (non-hydrogen) atoms. The van der Waals surface area contributed by atoms with Crippen molar-refractivity contribution in [2.24, 2.45) is 5.11 Å². The molecule has 3 unspecified atom stereocenters. The second kappa shape index (κ2) is 12.8. The molecule has 210 valence electrons. The van der Waals surface area contributed by atoms with Crippen LogP contribution in [0.5, 0.6) is 0 Å². The van der Waals surface area contributed by atoms with E-state index in [9.17, 15) is 10.3 Å². The molecule has 1 heterocycles. The number of carbonyl (C=O) groups excluding carboxylic acids is 1. The molecule has 3 aromatic rings. The molecule has 5 atom stereocenters. The van der Waals surface area contributed by atoms with E-state index in [1.165, 1.54) is 7.11 Å². The molecule has 0 radical (unpaired) electrons. The van der Waals surface area contributed by atoms with Crippen LogP contribution in [0.15, 0.2) is 96.1 Å². The van der Waals surface area contributed by atoms with Gasteiger partial charge in [0.25, 0.3) is 8.32 Å².